The average molecular weight is 793 g/mol. The molecule has 0 unspecified atom stereocenters. The molecule has 0 N–H and O–H groups in total. The molecular weight excluding hydrogens is 768 g/mol. The number of pyridine rings is 1. The predicted octanol–water partition coefficient (Wildman–Crippen LogP) is 9.43. The van der Waals surface area contributed by atoms with Crippen molar-refractivity contribution >= 4 is 82.4 Å². The van der Waals surface area contributed by atoms with Crippen molar-refractivity contribution < 1.29 is 21.1 Å². The number of para-hydroxylation sites is 1. The molecule has 1 aliphatic rings. The zero-order valence-electron chi connectivity index (χ0n) is 24.6. The first-order chi connectivity index (χ1) is 22.2. The first-order valence-corrected chi connectivity index (χ1v) is 15.5. The Bertz CT molecular complexity index is 2410. The topological polar surface area (TPSA) is 39.9 Å². The molecule has 226 valence electrons. The van der Waals surface area contributed by atoms with Crippen molar-refractivity contribution in [1.82, 2.24) is 14.5 Å². The van der Waals surface area contributed by atoms with E-state index in [1.54, 1.807) is 6.34 Å². The van der Waals surface area contributed by atoms with Crippen LogP contribution in [0.15, 0.2) is 127 Å². The van der Waals surface area contributed by atoms with Crippen molar-refractivity contribution in [3.63, 3.8) is 0 Å². The van der Waals surface area contributed by atoms with Crippen LogP contribution in [0.2, 0.25) is 0 Å². The molecule has 5 aromatic carbocycles. The van der Waals surface area contributed by atoms with Crippen molar-refractivity contribution in [3.8, 4) is 5.82 Å². The van der Waals surface area contributed by atoms with E-state index in [2.05, 4.69) is 118 Å². The number of thiophene rings is 1. The quantitative estimate of drug-likeness (QED) is 0.163. The maximum atomic E-state index is 4.74. The van der Waals surface area contributed by atoms with Crippen LogP contribution >= 0.6 is 11.3 Å². The molecule has 0 atom stereocenters. The van der Waals surface area contributed by atoms with Crippen LogP contribution in [0, 0.1) is 18.8 Å². The van der Waals surface area contributed by atoms with E-state index in [-0.39, 0.29) is 21.1 Å². The third-order valence-corrected chi connectivity index (χ3v) is 9.42. The molecule has 0 fully saturated rings. The zero-order chi connectivity index (χ0) is 29.9. The van der Waals surface area contributed by atoms with Crippen LogP contribution in [0.3, 0.4) is 0 Å². The molecule has 0 spiro atoms. The SMILES string of the molecule is CN1C=NN(c2[c-]c(N(c3[c-]c4c(cc3)c3ccccc3n4-c3ccccn3)c3cccc4c3sc3ccccc34)ccc2)[CH-]1.[Pt]. The largest absolute Gasteiger partial charge is 0.493 e. The van der Waals surface area contributed by atoms with Gasteiger partial charge in [-0.15, -0.1) is 53.7 Å². The average Bonchev–Trinajstić information content (AvgIpc) is 3.79. The summed E-state index contributed by atoms with van der Waals surface area (Å²) in [7, 11) is 1.96. The number of anilines is 4. The zero-order valence-corrected chi connectivity index (χ0v) is 27.7. The summed E-state index contributed by atoms with van der Waals surface area (Å²) in [5.41, 5.74) is 5.79. The van der Waals surface area contributed by atoms with E-state index in [1.807, 2.05) is 65.4 Å². The molecule has 8 heteroatoms. The second-order valence-electron chi connectivity index (χ2n) is 11.0. The monoisotopic (exact) mass is 792 g/mol. The third kappa shape index (κ3) is 4.58. The van der Waals surface area contributed by atoms with Gasteiger partial charge in [0, 0.05) is 48.3 Å². The number of benzene rings is 5. The summed E-state index contributed by atoms with van der Waals surface area (Å²) in [6.45, 7) is 1.94. The number of aromatic nitrogens is 2. The van der Waals surface area contributed by atoms with Gasteiger partial charge in [-0.1, -0.05) is 77.2 Å². The molecule has 0 radical (unpaired) electrons. The van der Waals surface area contributed by atoms with Crippen molar-refractivity contribution in [3.05, 3.63) is 140 Å². The Hall–Kier alpha value is -4.97. The number of hydrogen-bond acceptors (Lipinski definition) is 6. The summed E-state index contributed by atoms with van der Waals surface area (Å²) in [6.07, 6.45) is 3.62. The van der Waals surface area contributed by atoms with Crippen LogP contribution in [0.25, 0.3) is 47.8 Å². The predicted molar refractivity (Wildman–Crippen MR) is 187 cm³/mol. The summed E-state index contributed by atoms with van der Waals surface area (Å²) in [6, 6.07) is 47.7. The van der Waals surface area contributed by atoms with Crippen LogP contribution < -0.4 is 9.91 Å². The molecule has 8 aromatic rings. The normalized spacial score (nSPS) is 12.9. The second kappa shape index (κ2) is 11.4. The summed E-state index contributed by atoms with van der Waals surface area (Å²) in [5, 5.41) is 11.2. The fraction of sp³-hybridized carbons (Fsp3) is 0.0263. The summed E-state index contributed by atoms with van der Waals surface area (Å²) in [5.74, 6) is 0.857. The van der Waals surface area contributed by atoms with Gasteiger partial charge in [-0.05, 0) is 42.8 Å². The maximum Gasteiger partial charge on any atom is 0.135 e. The van der Waals surface area contributed by atoms with E-state index in [0.717, 1.165) is 45.0 Å². The third-order valence-electron chi connectivity index (χ3n) is 8.21. The van der Waals surface area contributed by atoms with Crippen LogP contribution in [0.5, 0.6) is 0 Å². The molecule has 0 aliphatic carbocycles. The van der Waals surface area contributed by atoms with Gasteiger partial charge in [0.05, 0.1) is 16.7 Å². The molecule has 0 saturated carbocycles. The minimum Gasteiger partial charge on any atom is -0.493 e. The van der Waals surface area contributed by atoms with Crippen molar-refractivity contribution in [2.24, 2.45) is 5.10 Å². The van der Waals surface area contributed by atoms with Crippen molar-refractivity contribution in [1.29, 1.82) is 0 Å². The van der Waals surface area contributed by atoms with E-state index in [1.165, 1.54) is 25.6 Å². The molecular formula is C38H25N6PtS-3. The van der Waals surface area contributed by atoms with E-state index >= 15 is 0 Å². The number of fused-ring (bicyclic) bond motifs is 6. The van der Waals surface area contributed by atoms with Crippen LogP contribution in [0.1, 0.15) is 0 Å². The number of nitrogens with zero attached hydrogens (tertiary/aromatic N) is 6. The Morgan fingerprint density at radius 2 is 1.50 bits per heavy atom. The molecule has 46 heavy (non-hydrogen) atoms. The molecule has 1 aliphatic heterocycles. The Morgan fingerprint density at radius 3 is 2.35 bits per heavy atom. The van der Waals surface area contributed by atoms with E-state index in [4.69, 9.17) is 4.98 Å². The van der Waals surface area contributed by atoms with Crippen LogP contribution in [-0.2, 0) is 21.1 Å². The maximum absolute atomic E-state index is 4.74. The second-order valence-corrected chi connectivity index (χ2v) is 12.1. The van der Waals surface area contributed by atoms with Gasteiger partial charge in [-0.2, -0.15) is 17.2 Å². The molecule has 0 saturated heterocycles. The molecule has 0 bridgehead atoms. The summed E-state index contributed by atoms with van der Waals surface area (Å²) in [4.78, 5) is 8.93. The number of rotatable bonds is 5. The molecule has 6 nitrogen and oxygen atoms in total. The first-order valence-electron chi connectivity index (χ1n) is 14.7. The first kappa shape index (κ1) is 28.5. The fourth-order valence-electron chi connectivity index (χ4n) is 6.24. The Balaban J connectivity index is 0.00000312. The van der Waals surface area contributed by atoms with Gasteiger partial charge in [-0.25, -0.2) is 4.98 Å². The number of hydrogen-bond donors (Lipinski definition) is 0. The van der Waals surface area contributed by atoms with Gasteiger partial charge in [0.1, 0.15) is 5.82 Å². The summed E-state index contributed by atoms with van der Waals surface area (Å²) < 4.78 is 4.68. The van der Waals surface area contributed by atoms with E-state index < -0.39 is 0 Å². The minimum atomic E-state index is 0. The van der Waals surface area contributed by atoms with E-state index in [0.29, 0.717) is 0 Å². The summed E-state index contributed by atoms with van der Waals surface area (Å²) >= 11 is 1.81. The molecule has 0 amide bonds. The van der Waals surface area contributed by atoms with Gasteiger partial charge in [0.25, 0.3) is 0 Å². The van der Waals surface area contributed by atoms with Crippen LogP contribution in [-0.4, -0.2) is 27.8 Å². The Labute approximate surface area is 284 Å². The molecule has 9 rings (SSSR count). The van der Waals surface area contributed by atoms with Gasteiger partial charge in [-0.3, -0.25) is 0 Å². The standard InChI is InChI=1S/C38H25N6S.Pt/c1-41-24-40-42(25-41)26-10-8-11-27(22-26)43(34-16-9-14-32-31-13-3-5-17-36(31)45-38(32)34)28-19-20-30-29-12-2-4-15-33(29)44(35(30)23-28)37-18-6-7-21-39-37;/h2-21,24-25H,1H3;/q-3;. The van der Waals surface area contributed by atoms with Gasteiger partial charge in [0.2, 0.25) is 0 Å². The smallest absolute Gasteiger partial charge is 0.135 e. The van der Waals surface area contributed by atoms with Gasteiger partial charge >= 0.3 is 0 Å². The fourth-order valence-corrected chi connectivity index (χ4v) is 7.44. The van der Waals surface area contributed by atoms with E-state index in [9.17, 15) is 0 Å². The Morgan fingerprint density at radius 1 is 0.717 bits per heavy atom. The molecule has 4 heterocycles. The Kier molecular flexibility index (Phi) is 7.08. The van der Waals surface area contributed by atoms with Gasteiger partial charge in [0.15, 0.2) is 0 Å². The minimum absolute atomic E-state index is 0. The van der Waals surface area contributed by atoms with Gasteiger partial charge < -0.3 is 19.4 Å². The van der Waals surface area contributed by atoms with Crippen LogP contribution in [0.4, 0.5) is 22.7 Å². The van der Waals surface area contributed by atoms with Crippen molar-refractivity contribution in [2.75, 3.05) is 17.0 Å². The molecule has 3 aromatic heterocycles. The number of hydrazone groups is 1. The van der Waals surface area contributed by atoms with Crippen molar-refractivity contribution in [2.45, 2.75) is 0 Å².